The molecule has 0 amide bonds. The number of aryl methyl sites for hydroxylation is 2. The van der Waals surface area contributed by atoms with Crippen LogP contribution in [0.1, 0.15) is 62.5 Å². The lowest BCUT2D eigenvalue weighted by Crippen LogP contribution is -1.88. The normalized spacial score (nSPS) is 10.8. The third kappa shape index (κ3) is 7.08. The van der Waals surface area contributed by atoms with E-state index in [0.717, 1.165) is 18.4 Å². The lowest BCUT2D eigenvalue weighted by atomic mass is 10.0. The maximum Gasteiger partial charge on any atom is 0.118 e. The summed E-state index contributed by atoms with van der Waals surface area (Å²) in [6.07, 6.45) is 12.3. The van der Waals surface area contributed by atoms with E-state index in [4.69, 9.17) is 0 Å². The Morgan fingerprint density at radius 3 is 1.71 bits per heavy atom. The van der Waals surface area contributed by atoms with Gasteiger partial charge in [0.2, 0.25) is 0 Å². The van der Waals surface area contributed by atoms with Crippen molar-refractivity contribution in [2.24, 2.45) is 0 Å². The maximum atomic E-state index is 9.72. The fraction of sp³-hybridized carbons (Fsp3) is 0.455. The van der Waals surface area contributed by atoms with Crippen LogP contribution in [-0.2, 0) is 12.8 Å². The van der Waals surface area contributed by atoms with Gasteiger partial charge in [-0.3, -0.25) is 0 Å². The van der Waals surface area contributed by atoms with E-state index in [1.807, 2.05) is 30.3 Å². The molecule has 0 aromatic heterocycles. The van der Waals surface area contributed by atoms with Gasteiger partial charge in [-0.05, 0) is 55.0 Å². The van der Waals surface area contributed by atoms with Crippen molar-refractivity contribution >= 4 is 0 Å². The van der Waals surface area contributed by atoms with E-state index in [1.54, 1.807) is 18.2 Å². The van der Waals surface area contributed by atoms with Gasteiger partial charge in [0.25, 0.3) is 0 Å². The number of benzene rings is 2. The number of phenols is 2. The lowest BCUT2D eigenvalue weighted by molar-refractivity contribution is 0.466. The third-order valence-electron chi connectivity index (χ3n) is 4.59. The molecule has 0 unspecified atom stereocenters. The molecule has 0 fully saturated rings. The van der Waals surface area contributed by atoms with E-state index >= 15 is 0 Å². The summed E-state index contributed by atoms with van der Waals surface area (Å²) in [6, 6.07) is 15.2. The van der Waals surface area contributed by atoms with Crippen molar-refractivity contribution in [3.8, 4) is 11.5 Å². The Kier molecular flexibility index (Phi) is 8.23. The van der Waals surface area contributed by atoms with E-state index in [2.05, 4.69) is 0 Å². The standard InChI is InChI=1S/C22H30O2/c23-21-17-15-19(16-18-21)11-7-5-3-1-2-4-6-8-12-20-13-9-10-14-22(20)24/h9-10,13-18,23-24H,1-8,11-12H2. The fourth-order valence-electron chi connectivity index (χ4n) is 3.09. The Hall–Kier alpha value is -1.96. The molecule has 2 rings (SSSR count). The summed E-state index contributed by atoms with van der Waals surface area (Å²) in [6.45, 7) is 0. The monoisotopic (exact) mass is 326 g/mol. The average Bonchev–Trinajstić information content (AvgIpc) is 2.59. The van der Waals surface area contributed by atoms with Crippen LogP contribution in [0.2, 0.25) is 0 Å². The highest BCUT2D eigenvalue weighted by Crippen LogP contribution is 2.19. The summed E-state index contributed by atoms with van der Waals surface area (Å²) in [7, 11) is 0. The summed E-state index contributed by atoms with van der Waals surface area (Å²) >= 11 is 0. The first-order chi connectivity index (χ1) is 11.8. The second-order valence-electron chi connectivity index (χ2n) is 6.62. The van der Waals surface area contributed by atoms with Gasteiger partial charge in [-0.15, -0.1) is 0 Å². The Bertz CT molecular complexity index is 575. The highest BCUT2D eigenvalue weighted by Gasteiger charge is 1.99. The fourth-order valence-corrected chi connectivity index (χ4v) is 3.09. The molecule has 0 saturated carbocycles. The highest BCUT2D eigenvalue weighted by atomic mass is 16.3. The molecule has 0 spiro atoms. The third-order valence-corrected chi connectivity index (χ3v) is 4.59. The molecule has 2 nitrogen and oxygen atoms in total. The molecule has 24 heavy (non-hydrogen) atoms. The van der Waals surface area contributed by atoms with Crippen molar-refractivity contribution < 1.29 is 10.2 Å². The Morgan fingerprint density at radius 1 is 0.542 bits per heavy atom. The number of hydrogen-bond acceptors (Lipinski definition) is 2. The van der Waals surface area contributed by atoms with E-state index in [-0.39, 0.29) is 0 Å². The number of phenolic OH excluding ortho intramolecular Hbond substituents is 2. The first-order valence-electron chi connectivity index (χ1n) is 9.30. The van der Waals surface area contributed by atoms with Crippen LogP contribution in [0.5, 0.6) is 11.5 Å². The second kappa shape index (κ2) is 10.7. The molecule has 0 aliphatic rings. The topological polar surface area (TPSA) is 40.5 Å². The van der Waals surface area contributed by atoms with Crippen molar-refractivity contribution in [1.82, 2.24) is 0 Å². The summed E-state index contributed by atoms with van der Waals surface area (Å²) in [5, 5.41) is 19.0. The van der Waals surface area contributed by atoms with Gasteiger partial charge < -0.3 is 10.2 Å². The summed E-state index contributed by atoms with van der Waals surface area (Å²) < 4.78 is 0. The van der Waals surface area contributed by atoms with Crippen LogP contribution >= 0.6 is 0 Å². The molecule has 0 bridgehead atoms. The number of unbranched alkanes of at least 4 members (excludes halogenated alkanes) is 7. The molecule has 0 aliphatic carbocycles. The van der Waals surface area contributed by atoms with E-state index in [1.165, 1.54) is 56.9 Å². The predicted molar refractivity (Wildman–Crippen MR) is 101 cm³/mol. The molecule has 0 radical (unpaired) electrons. The maximum absolute atomic E-state index is 9.72. The number of hydrogen-bond donors (Lipinski definition) is 2. The van der Waals surface area contributed by atoms with Crippen LogP contribution in [0, 0.1) is 0 Å². The predicted octanol–water partition coefficient (Wildman–Crippen LogP) is 6.00. The number of aromatic hydroxyl groups is 2. The van der Waals surface area contributed by atoms with Crippen LogP contribution in [0.25, 0.3) is 0 Å². The summed E-state index contributed by atoms with van der Waals surface area (Å²) in [5.41, 5.74) is 2.39. The van der Waals surface area contributed by atoms with Crippen LogP contribution in [-0.4, -0.2) is 10.2 Å². The van der Waals surface area contributed by atoms with Gasteiger partial charge in [-0.2, -0.15) is 0 Å². The van der Waals surface area contributed by atoms with E-state index in [0.29, 0.717) is 11.5 Å². The van der Waals surface area contributed by atoms with Crippen LogP contribution in [0.15, 0.2) is 48.5 Å². The van der Waals surface area contributed by atoms with Crippen molar-refractivity contribution in [2.45, 2.75) is 64.2 Å². The summed E-state index contributed by atoms with van der Waals surface area (Å²) in [4.78, 5) is 0. The van der Waals surface area contributed by atoms with Gasteiger partial charge in [0.1, 0.15) is 11.5 Å². The Labute approximate surface area is 146 Å². The van der Waals surface area contributed by atoms with Gasteiger partial charge in [0.15, 0.2) is 0 Å². The quantitative estimate of drug-likeness (QED) is 0.497. The van der Waals surface area contributed by atoms with E-state index in [9.17, 15) is 10.2 Å². The first-order valence-corrected chi connectivity index (χ1v) is 9.30. The molecule has 2 heteroatoms. The first kappa shape index (κ1) is 18.4. The van der Waals surface area contributed by atoms with Crippen LogP contribution in [0.4, 0.5) is 0 Å². The van der Waals surface area contributed by atoms with Gasteiger partial charge in [-0.25, -0.2) is 0 Å². The van der Waals surface area contributed by atoms with Crippen LogP contribution < -0.4 is 0 Å². The van der Waals surface area contributed by atoms with Gasteiger partial charge in [0.05, 0.1) is 0 Å². The Morgan fingerprint density at radius 2 is 1.08 bits per heavy atom. The van der Waals surface area contributed by atoms with E-state index < -0.39 is 0 Å². The SMILES string of the molecule is Oc1ccc(CCCCCCCCCCc2ccccc2O)cc1. The van der Waals surface area contributed by atoms with Crippen molar-refractivity contribution in [1.29, 1.82) is 0 Å². The van der Waals surface area contributed by atoms with Crippen molar-refractivity contribution in [3.63, 3.8) is 0 Å². The molecule has 2 aromatic carbocycles. The molecule has 0 atom stereocenters. The molecule has 2 N–H and O–H groups in total. The number of para-hydroxylation sites is 1. The molecular weight excluding hydrogens is 296 g/mol. The van der Waals surface area contributed by atoms with Crippen molar-refractivity contribution in [3.05, 3.63) is 59.7 Å². The smallest absolute Gasteiger partial charge is 0.118 e. The zero-order chi connectivity index (χ0) is 17.0. The van der Waals surface area contributed by atoms with Gasteiger partial charge in [0, 0.05) is 0 Å². The largest absolute Gasteiger partial charge is 0.508 e. The minimum Gasteiger partial charge on any atom is -0.508 e. The molecule has 0 saturated heterocycles. The molecular formula is C22H30O2. The second-order valence-corrected chi connectivity index (χ2v) is 6.62. The van der Waals surface area contributed by atoms with Gasteiger partial charge in [-0.1, -0.05) is 68.9 Å². The van der Waals surface area contributed by atoms with Gasteiger partial charge >= 0.3 is 0 Å². The molecule has 0 heterocycles. The Balaban J connectivity index is 1.42. The minimum atomic E-state index is 0.348. The highest BCUT2D eigenvalue weighted by molar-refractivity contribution is 5.31. The zero-order valence-corrected chi connectivity index (χ0v) is 14.6. The lowest BCUT2D eigenvalue weighted by Gasteiger charge is -2.05. The molecule has 2 aromatic rings. The van der Waals surface area contributed by atoms with Crippen molar-refractivity contribution in [2.75, 3.05) is 0 Å². The molecule has 0 aliphatic heterocycles. The minimum absolute atomic E-state index is 0.348. The molecule has 130 valence electrons. The number of rotatable bonds is 11. The average molecular weight is 326 g/mol. The zero-order valence-electron chi connectivity index (χ0n) is 14.6. The van der Waals surface area contributed by atoms with Crippen LogP contribution in [0.3, 0.4) is 0 Å². The summed E-state index contributed by atoms with van der Waals surface area (Å²) in [5.74, 6) is 0.785.